The zero-order valence-electron chi connectivity index (χ0n) is 30.6. The lowest BCUT2D eigenvalue weighted by Gasteiger charge is -2.30. The molecule has 4 aromatic rings. The lowest BCUT2D eigenvalue weighted by Crippen LogP contribution is -2.39. The molecule has 0 saturated carbocycles. The summed E-state index contributed by atoms with van der Waals surface area (Å²) in [7, 11) is -2.36. The Labute approximate surface area is 306 Å². The van der Waals surface area contributed by atoms with Crippen LogP contribution in [0.1, 0.15) is 44.9 Å². The highest BCUT2D eigenvalue weighted by Gasteiger charge is 2.29. The van der Waals surface area contributed by atoms with Crippen LogP contribution in [0.15, 0.2) is 66.9 Å². The predicted octanol–water partition coefficient (Wildman–Crippen LogP) is 6.07. The van der Waals surface area contributed by atoms with Crippen molar-refractivity contribution < 1.29 is 27.5 Å². The SMILES string of the molecule is COc1c(NC(=O)Nc2ccc(-c3ccc(CN4CCOCC4)nc3)c3ccccc23)cc(C(C)(C)C)cc1N(CCN1CCCC1=O)S(C)(=O)=O. The number of fused-ring (bicyclic) bond motifs is 1. The van der Waals surface area contributed by atoms with Crippen molar-refractivity contribution in [2.24, 2.45) is 0 Å². The third kappa shape index (κ3) is 8.49. The van der Waals surface area contributed by atoms with Crippen molar-refractivity contribution in [2.45, 2.75) is 45.6 Å². The summed E-state index contributed by atoms with van der Waals surface area (Å²) in [5.41, 5.74) is 4.57. The van der Waals surface area contributed by atoms with Gasteiger partial charge in [-0.1, -0.05) is 57.2 Å². The van der Waals surface area contributed by atoms with Gasteiger partial charge in [0.05, 0.1) is 55.9 Å². The van der Waals surface area contributed by atoms with E-state index in [1.807, 2.05) is 69.4 Å². The summed E-state index contributed by atoms with van der Waals surface area (Å²) in [5, 5.41) is 7.76. The first-order valence-electron chi connectivity index (χ1n) is 17.6. The Kier molecular flexibility index (Phi) is 11.0. The molecular formula is C39H48N6O6S. The minimum Gasteiger partial charge on any atom is -0.492 e. The fourth-order valence-corrected chi connectivity index (χ4v) is 7.66. The van der Waals surface area contributed by atoms with Crippen LogP contribution in [-0.2, 0) is 31.5 Å². The van der Waals surface area contributed by atoms with Crippen LogP contribution in [0.25, 0.3) is 21.9 Å². The molecule has 6 rings (SSSR count). The molecule has 0 radical (unpaired) electrons. The van der Waals surface area contributed by atoms with Crippen molar-refractivity contribution in [3.8, 4) is 16.9 Å². The molecule has 2 aliphatic rings. The topological polar surface area (TPSA) is 133 Å². The number of nitrogens with one attached hydrogen (secondary N) is 2. The molecule has 3 heterocycles. The average Bonchev–Trinajstić information content (AvgIpc) is 3.52. The first-order chi connectivity index (χ1) is 24.8. The Morgan fingerprint density at radius 3 is 2.35 bits per heavy atom. The fourth-order valence-electron chi connectivity index (χ4n) is 6.76. The highest BCUT2D eigenvalue weighted by atomic mass is 32.2. The number of carbonyl (C=O) groups is 2. The van der Waals surface area contributed by atoms with Crippen LogP contribution in [-0.4, -0.2) is 94.4 Å². The number of nitrogens with zero attached hydrogens (tertiary/aromatic N) is 4. The standard InChI is InChI=1S/C39H48N6O6S/c1-39(2,3)28-23-34(37(50-4)35(24-28)45(52(5,48)49)18-17-44-16-8-11-36(44)46)42-38(47)41-33-15-14-30(31-9-6-7-10-32(31)33)27-12-13-29(40-25-27)26-43-19-21-51-22-20-43/h6-7,9-10,12-15,23-25H,8,11,16-22,26H2,1-5H3,(H2,41,42,47). The summed E-state index contributed by atoms with van der Waals surface area (Å²) in [6.45, 7) is 11.0. The second kappa shape index (κ2) is 15.5. The normalized spacial score (nSPS) is 15.6. The number of anilines is 3. The van der Waals surface area contributed by atoms with Crippen LogP contribution in [0.4, 0.5) is 21.9 Å². The monoisotopic (exact) mass is 728 g/mol. The summed E-state index contributed by atoms with van der Waals surface area (Å²) >= 11 is 0. The van der Waals surface area contributed by atoms with E-state index < -0.39 is 21.5 Å². The number of aromatic nitrogens is 1. The number of amides is 3. The van der Waals surface area contributed by atoms with E-state index in [0.717, 1.165) is 78.7 Å². The van der Waals surface area contributed by atoms with Gasteiger partial charge in [0.25, 0.3) is 0 Å². The highest BCUT2D eigenvalue weighted by Crippen LogP contribution is 2.42. The summed E-state index contributed by atoms with van der Waals surface area (Å²) in [6.07, 6.45) is 4.24. The van der Waals surface area contributed by atoms with Gasteiger partial charge >= 0.3 is 6.03 Å². The lowest BCUT2D eigenvalue weighted by molar-refractivity contribution is -0.127. The van der Waals surface area contributed by atoms with Gasteiger partial charge < -0.3 is 25.0 Å². The number of benzene rings is 3. The summed E-state index contributed by atoms with van der Waals surface area (Å²) < 4.78 is 39.0. The number of likely N-dealkylation sites (tertiary alicyclic amines) is 1. The first kappa shape index (κ1) is 37.1. The molecule has 2 fully saturated rings. The number of pyridine rings is 1. The molecule has 0 spiro atoms. The van der Waals surface area contributed by atoms with Crippen molar-refractivity contribution in [3.63, 3.8) is 0 Å². The van der Waals surface area contributed by atoms with Gasteiger partial charge in [-0.15, -0.1) is 0 Å². The van der Waals surface area contributed by atoms with Gasteiger partial charge in [0.15, 0.2) is 5.75 Å². The number of urea groups is 1. The molecule has 0 unspecified atom stereocenters. The number of hydrogen-bond donors (Lipinski definition) is 2. The predicted molar refractivity (Wildman–Crippen MR) is 206 cm³/mol. The van der Waals surface area contributed by atoms with Crippen LogP contribution in [0, 0.1) is 0 Å². The van der Waals surface area contributed by atoms with E-state index in [-0.39, 0.29) is 24.7 Å². The van der Waals surface area contributed by atoms with Crippen molar-refractivity contribution in [2.75, 3.05) is 74.2 Å². The van der Waals surface area contributed by atoms with E-state index in [4.69, 9.17) is 14.5 Å². The Bertz CT molecular complexity index is 2040. The second-order valence-electron chi connectivity index (χ2n) is 14.4. The summed E-state index contributed by atoms with van der Waals surface area (Å²) in [5.74, 6) is 0.212. The van der Waals surface area contributed by atoms with Gasteiger partial charge in [-0.05, 0) is 52.6 Å². The molecule has 0 aliphatic carbocycles. The van der Waals surface area contributed by atoms with Crippen molar-refractivity contribution in [1.29, 1.82) is 0 Å². The lowest BCUT2D eigenvalue weighted by atomic mass is 9.86. The van der Waals surface area contributed by atoms with Gasteiger partial charge in [0, 0.05) is 56.3 Å². The smallest absolute Gasteiger partial charge is 0.323 e. The number of hydrogen-bond acceptors (Lipinski definition) is 8. The van der Waals surface area contributed by atoms with Crippen LogP contribution in [0.3, 0.4) is 0 Å². The third-order valence-corrected chi connectivity index (χ3v) is 10.8. The highest BCUT2D eigenvalue weighted by molar-refractivity contribution is 7.92. The molecule has 2 N–H and O–H groups in total. The van der Waals surface area contributed by atoms with Crippen LogP contribution in [0.5, 0.6) is 5.75 Å². The number of morpholine rings is 1. The number of methoxy groups -OCH3 is 1. The fraction of sp³-hybridized carbons (Fsp3) is 0.410. The Morgan fingerprint density at radius 1 is 0.981 bits per heavy atom. The van der Waals surface area contributed by atoms with Gasteiger partial charge in [-0.3, -0.25) is 19.0 Å². The van der Waals surface area contributed by atoms with Gasteiger partial charge in [-0.25, -0.2) is 13.2 Å². The maximum atomic E-state index is 13.7. The minimum absolute atomic E-state index is 0.0116. The maximum Gasteiger partial charge on any atom is 0.323 e. The minimum atomic E-state index is -3.80. The van der Waals surface area contributed by atoms with E-state index in [9.17, 15) is 18.0 Å². The number of ether oxygens (including phenoxy) is 2. The summed E-state index contributed by atoms with van der Waals surface area (Å²) in [6, 6.07) is 18.9. The first-order valence-corrected chi connectivity index (χ1v) is 19.5. The molecule has 12 nitrogen and oxygen atoms in total. The zero-order chi connectivity index (χ0) is 37.0. The molecule has 276 valence electrons. The molecule has 1 aromatic heterocycles. The molecule has 0 bridgehead atoms. The maximum absolute atomic E-state index is 13.7. The third-order valence-electron chi connectivity index (χ3n) is 9.60. The van der Waals surface area contributed by atoms with E-state index >= 15 is 0 Å². The van der Waals surface area contributed by atoms with Crippen LogP contribution in [0.2, 0.25) is 0 Å². The van der Waals surface area contributed by atoms with E-state index in [1.165, 1.54) is 11.4 Å². The van der Waals surface area contributed by atoms with Crippen LogP contribution >= 0.6 is 0 Å². The van der Waals surface area contributed by atoms with E-state index in [2.05, 4.69) is 27.7 Å². The number of sulfonamides is 1. The van der Waals surface area contributed by atoms with Crippen LogP contribution < -0.4 is 19.7 Å². The molecule has 3 amide bonds. The molecule has 52 heavy (non-hydrogen) atoms. The summed E-state index contributed by atoms with van der Waals surface area (Å²) in [4.78, 5) is 34.8. The molecule has 0 atom stereocenters. The van der Waals surface area contributed by atoms with Gasteiger partial charge in [0.1, 0.15) is 0 Å². The Morgan fingerprint density at radius 2 is 1.71 bits per heavy atom. The molecule has 3 aromatic carbocycles. The molecule has 2 saturated heterocycles. The van der Waals surface area contributed by atoms with E-state index in [0.29, 0.717) is 30.0 Å². The Balaban J connectivity index is 1.27. The van der Waals surface area contributed by atoms with E-state index in [1.54, 1.807) is 11.0 Å². The average molecular weight is 729 g/mol. The number of rotatable bonds is 11. The quantitative estimate of drug-likeness (QED) is 0.190. The largest absolute Gasteiger partial charge is 0.492 e. The molecule has 2 aliphatic heterocycles. The van der Waals surface area contributed by atoms with Gasteiger partial charge in [-0.2, -0.15) is 0 Å². The van der Waals surface area contributed by atoms with Crippen molar-refractivity contribution in [3.05, 3.63) is 78.1 Å². The second-order valence-corrected chi connectivity index (χ2v) is 16.3. The van der Waals surface area contributed by atoms with Gasteiger partial charge in [0.2, 0.25) is 15.9 Å². The van der Waals surface area contributed by atoms with Crippen molar-refractivity contribution >= 4 is 49.8 Å². The molecular weight excluding hydrogens is 681 g/mol. The zero-order valence-corrected chi connectivity index (χ0v) is 31.4. The molecule has 13 heteroatoms. The van der Waals surface area contributed by atoms with Crippen molar-refractivity contribution in [1.82, 2.24) is 14.8 Å². The Hall–Kier alpha value is -4.72. The number of carbonyl (C=O) groups excluding carboxylic acids is 2.